The average molecular weight is 398 g/mol. The minimum absolute atomic E-state index is 0.0993. The van der Waals surface area contributed by atoms with Crippen molar-refractivity contribution in [3.63, 3.8) is 0 Å². The molecule has 4 heteroatoms. The van der Waals surface area contributed by atoms with Crippen molar-refractivity contribution in [2.45, 2.75) is 65.5 Å². The van der Waals surface area contributed by atoms with Crippen molar-refractivity contribution < 1.29 is 14.3 Å². The largest absolute Gasteiger partial charge is 0.493 e. The SMILES string of the molecule is CCCCCCC(CC)C(=O)NCc1ccc(OCc2ccccc2)c(OC)c1. The predicted molar refractivity (Wildman–Crippen MR) is 118 cm³/mol. The summed E-state index contributed by atoms with van der Waals surface area (Å²) < 4.78 is 11.4. The third-order valence-electron chi connectivity index (χ3n) is 5.20. The minimum Gasteiger partial charge on any atom is -0.493 e. The van der Waals surface area contributed by atoms with Gasteiger partial charge in [0.05, 0.1) is 7.11 Å². The number of rotatable bonds is 13. The van der Waals surface area contributed by atoms with E-state index in [9.17, 15) is 4.79 Å². The highest BCUT2D eigenvalue weighted by Gasteiger charge is 2.16. The first-order valence-corrected chi connectivity index (χ1v) is 10.8. The van der Waals surface area contributed by atoms with Crippen LogP contribution >= 0.6 is 0 Å². The molecule has 4 nitrogen and oxygen atoms in total. The summed E-state index contributed by atoms with van der Waals surface area (Å²) in [6.07, 6.45) is 6.65. The highest BCUT2D eigenvalue weighted by Crippen LogP contribution is 2.29. The van der Waals surface area contributed by atoms with Gasteiger partial charge >= 0.3 is 0 Å². The summed E-state index contributed by atoms with van der Waals surface area (Å²) in [6.45, 7) is 5.28. The van der Waals surface area contributed by atoms with Crippen LogP contribution in [-0.4, -0.2) is 13.0 Å². The van der Waals surface area contributed by atoms with Crippen LogP contribution in [0.3, 0.4) is 0 Å². The Hall–Kier alpha value is -2.49. The lowest BCUT2D eigenvalue weighted by molar-refractivity contribution is -0.125. The second kappa shape index (κ2) is 12.9. The highest BCUT2D eigenvalue weighted by molar-refractivity contribution is 5.78. The van der Waals surface area contributed by atoms with Gasteiger partial charge in [0, 0.05) is 12.5 Å². The number of ether oxygens (including phenoxy) is 2. The molecule has 29 heavy (non-hydrogen) atoms. The molecular weight excluding hydrogens is 362 g/mol. The summed E-state index contributed by atoms with van der Waals surface area (Å²) in [5, 5.41) is 3.08. The van der Waals surface area contributed by atoms with Gasteiger partial charge in [0.15, 0.2) is 11.5 Å². The lowest BCUT2D eigenvalue weighted by Gasteiger charge is -2.16. The van der Waals surface area contributed by atoms with Crippen LogP contribution in [0.1, 0.15) is 63.5 Å². The number of benzene rings is 2. The van der Waals surface area contributed by atoms with Crippen LogP contribution in [0.2, 0.25) is 0 Å². The molecule has 1 amide bonds. The number of hydrogen-bond donors (Lipinski definition) is 1. The summed E-state index contributed by atoms with van der Waals surface area (Å²) in [7, 11) is 1.64. The molecule has 0 fully saturated rings. The van der Waals surface area contributed by atoms with Crippen LogP contribution in [0.4, 0.5) is 0 Å². The zero-order valence-corrected chi connectivity index (χ0v) is 18.1. The molecule has 2 rings (SSSR count). The Kier molecular flexibility index (Phi) is 10.1. The Morgan fingerprint density at radius 1 is 0.966 bits per heavy atom. The molecule has 0 heterocycles. The molecule has 0 aliphatic rings. The van der Waals surface area contributed by atoms with Gasteiger partial charge in [-0.3, -0.25) is 4.79 Å². The number of amides is 1. The molecule has 0 aromatic heterocycles. The van der Waals surface area contributed by atoms with Gasteiger partial charge in [-0.2, -0.15) is 0 Å². The highest BCUT2D eigenvalue weighted by atomic mass is 16.5. The van der Waals surface area contributed by atoms with Crippen molar-refractivity contribution in [2.75, 3.05) is 7.11 Å². The standard InChI is InChI=1S/C25H35NO3/c1-4-6-7-11-14-22(5-2)25(27)26-18-21-15-16-23(24(17-21)28-3)29-19-20-12-9-8-10-13-20/h8-10,12-13,15-17,22H,4-7,11,14,18-19H2,1-3H3,(H,26,27). The first-order chi connectivity index (χ1) is 14.2. The molecule has 0 saturated heterocycles. The van der Waals surface area contributed by atoms with Crippen LogP contribution in [0.25, 0.3) is 0 Å². The predicted octanol–water partition coefficient (Wildman–Crippen LogP) is 5.89. The molecule has 2 aromatic rings. The van der Waals surface area contributed by atoms with Crippen LogP contribution in [0, 0.1) is 5.92 Å². The Morgan fingerprint density at radius 3 is 2.45 bits per heavy atom. The van der Waals surface area contributed by atoms with Gasteiger partial charge in [-0.05, 0) is 36.1 Å². The van der Waals surface area contributed by atoms with Gasteiger partial charge in [0.25, 0.3) is 0 Å². The smallest absolute Gasteiger partial charge is 0.223 e. The van der Waals surface area contributed by atoms with E-state index in [1.807, 2.05) is 48.5 Å². The first-order valence-electron chi connectivity index (χ1n) is 10.8. The van der Waals surface area contributed by atoms with E-state index in [0.717, 1.165) is 30.4 Å². The molecule has 1 unspecified atom stereocenters. The second-order valence-electron chi connectivity index (χ2n) is 7.43. The Bertz CT molecular complexity index is 730. The first kappa shape index (κ1) is 22.8. The zero-order valence-electron chi connectivity index (χ0n) is 18.1. The Balaban J connectivity index is 1.87. The van der Waals surface area contributed by atoms with Crippen molar-refractivity contribution in [1.29, 1.82) is 0 Å². The fourth-order valence-corrected chi connectivity index (χ4v) is 3.35. The van der Waals surface area contributed by atoms with Crippen LogP contribution < -0.4 is 14.8 Å². The molecule has 0 bridgehead atoms. The number of carbonyl (C=O) groups excluding carboxylic acids is 1. The van der Waals surface area contributed by atoms with E-state index in [1.165, 1.54) is 19.3 Å². The van der Waals surface area contributed by atoms with E-state index in [0.29, 0.717) is 24.7 Å². The maximum atomic E-state index is 12.5. The number of unbranched alkanes of at least 4 members (excludes halogenated alkanes) is 3. The molecule has 0 aliphatic carbocycles. The summed E-state index contributed by atoms with van der Waals surface area (Å²) in [5.74, 6) is 1.63. The quantitative estimate of drug-likeness (QED) is 0.429. The molecule has 1 N–H and O–H groups in total. The molecule has 158 valence electrons. The van der Waals surface area contributed by atoms with E-state index >= 15 is 0 Å². The van der Waals surface area contributed by atoms with Crippen LogP contribution in [0.15, 0.2) is 48.5 Å². The summed E-state index contributed by atoms with van der Waals surface area (Å²) in [6, 6.07) is 15.9. The molecular formula is C25H35NO3. The van der Waals surface area contributed by atoms with Crippen molar-refractivity contribution in [1.82, 2.24) is 5.32 Å². The fraction of sp³-hybridized carbons (Fsp3) is 0.480. The lowest BCUT2D eigenvalue weighted by Crippen LogP contribution is -2.30. The van der Waals surface area contributed by atoms with Gasteiger partial charge in [-0.15, -0.1) is 0 Å². The minimum atomic E-state index is 0.0993. The summed E-state index contributed by atoms with van der Waals surface area (Å²) >= 11 is 0. The summed E-state index contributed by atoms with van der Waals surface area (Å²) in [5.41, 5.74) is 2.11. The molecule has 0 aliphatic heterocycles. The van der Waals surface area contributed by atoms with Crippen molar-refractivity contribution >= 4 is 5.91 Å². The molecule has 2 aromatic carbocycles. The van der Waals surface area contributed by atoms with Gasteiger partial charge in [-0.1, -0.05) is 75.9 Å². The van der Waals surface area contributed by atoms with Crippen molar-refractivity contribution in [3.8, 4) is 11.5 Å². The van der Waals surface area contributed by atoms with E-state index in [-0.39, 0.29) is 11.8 Å². The van der Waals surface area contributed by atoms with E-state index in [1.54, 1.807) is 7.11 Å². The Labute approximate surface area is 175 Å². The topological polar surface area (TPSA) is 47.6 Å². The van der Waals surface area contributed by atoms with E-state index < -0.39 is 0 Å². The third-order valence-corrected chi connectivity index (χ3v) is 5.20. The third kappa shape index (κ3) is 7.80. The van der Waals surface area contributed by atoms with E-state index in [4.69, 9.17) is 9.47 Å². The molecule has 1 atom stereocenters. The van der Waals surface area contributed by atoms with E-state index in [2.05, 4.69) is 19.2 Å². The molecule has 0 radical (unpaired) electrons. The van der Waals surface area contributed by atoms with Gasteiger partial charge in [-0.25, -0.2) is 0 Å². The van der Waals surface area contributed by atoms with Gasteiger partial charge in [0.2, 0.25) is 5.91 Å². The number of carbonyl (C=O) groups is 1. The van der Waals surface area contributed by atoms with Gasteiger partial charge < -0.3 is 14.8 Å². The van der Waals surface area contributed by atoms with Crippen LogP contribution in [0.5, 0.6) is 11.5 Å². The number of nitrogens with one attached hydrogen (secondary N) is 1. The van der Waals surface area contributed by atoms with Crippen molar-refractivity contribution in [3.05, 3.63) is 59.7 Å². The monoisotopic (exact) mass is 397 g/mol. The Morgan fingerprint density at radius 2 is 1.76 bits per heavy atom. The van der Waals surface area contributed by atoms with Gasteiger partial charge in [0.1, 0.15) is 6.61 Å². The number of methoxy groups -OCH3 is 1. The summed E-state index contributed by atoms with van der Waals surface area (Å²) in [4.78, 5) is 12.5. The molecule has 0 saturated carbocycles. The lowest BCUT2D eigenvalue weighted by atomic mass is 9.97. The van der Waals surface area contributed by atoms with Crippen molar-refractivity contribution in [2.24, 2.45) is 5.92 Å². The van der Waals surface area contributed by atoms with Crippen LogP contribution in [-0.2, 0) is 17.9 Å². The maximum Gasteiger partial charge on any atom is 0.223 e. The maximum absolute atomic E-state index is 12.5. The molecule has 0 spiro atoms. The normalized spacial score (nSPS) is 11.7. The fourth-order valence-electron chi connectivity index (χ4n) is 3.35. The second-order valence-corrected chi connectivity index (χ2v) is 7.43. The number of hydrogen-bond acceptors (Lipinski definition) is 3. The zero-order chi connectivity index (χ0) is 20.9. The average Bonchev–Trinajstić information content (AvgIpc) is 2.77.